The monoisotopic (exact) mass is 326 g/mol. The van der Waals surface area contributed by atoms with Crippen LogP contribution in [0, 0.1) is 13.8 Å². The molecule has 18 heavy (non-hydrogen) atoms. The third-order valence-electron chi connectivity index (χ3n) is 2.77. The Labute approximate surface area is 116 Å². The van der Waals surface area contributed by atoms with E-state index in [1.807, 2.05) is 24.3 Å². The molecule has 0 aliphatic heterocycles. The van der Waals surface area contributed by atoms with Gasteiger partial charge in [-0.15, -0.1) is 10.2 Å². The number of hydrogen-bond acceptors (Lipinski definition) is 4. The molecule has 3 aromatic heterocycles. The molecular weight excluding hydrogens is 320 g/mol. The van der Waals surface area contributed by atoms with Gasteiger partial charge in [0.15, 0.2) is 21.2 Å². The van der Waals surface area contributed by atoms with E-state index in [1.165, 1.54) is 0 Å². The van der Waals surface area contributed by atoms with Gasteiger partial charge in [-0.25, -0.2) is 4.98 Å². The smallest absolute Gasteiger partial charge is 0.204 e. The second-order valence-corrected chi connectivity index (χ2v) is 5.00. The lowest BCUT2D eigenvalue weighted by atomic mass is 10.3. The van der Waals surface area contributed by atoms with Crippen LogP contribution in [0.15, 0.2) is 21.2 Å². The molecule has 0 unspecified atom stereocenters. The number of furan rings is 1. The molecule has 0 radical (unpaired) electrons. The highest BCUT2D eigenvalue weighted by Gasteiger charge is 2.17. The van der Waals surface area contributed by atoms with Crippen molar-refractivity contribution >= 4 is 33.2 Å². The summed E-state index contributed by atoms with van der Waals surface area (Å²) in [6, 6.07) is 3.63. The van der Waals surface area contributed by atoms with Gasteiger partial charge in [-0.05, 0) is 41.9 Å². The largest absolute Gasteiger partial charge is 0.446 e. The van der Waals surface area contributed by atoms with Crippen LogP contribution in [0.2, 0.25) is 5.15 Å². The molecule has 0 bridgehead atoms. The summed E-state index contributed by atoms with van der Waals surface area (Å²) in [5.74, 6) is 1.24. The Balaban J connectivity index is 2.38. The zero-order valence-corrected chi connectivity index (χ0v) is 11.9. The van der Waals surface area contributed by atoms with Gasteiger partial charge in [0.05, 0.1) is 5.69 Å². The van der Waals surface area contributed by atoms with Gasteiger partial charge >= 0.3 is 0 Å². The molecule has 0 saturated heterocycles. The molecule has 92 valence electrons. The van der Waals surface area contributed by atoms with Crippen LogP contribution in [0.4, 0.5) is 0 Å². The van der Waals surface area contributed by atoms with Crippen LogP contribution in [0.3, 0.4) is 0 Å². The van der Waals surface area contributed by atoms with Crippen LogP contribution in [-0.4, -0.2) is 19.6 Å². The van der Waals surface area contributed by atoms with E-state index >= 15 is 0 Å². The summed E-state index contributed by atoms with van der Waals surface area (Å²) in [6.07, 6.45) is 0. The maximum Gasteiger partial charge on any atom is 0.204 e. The van der Waals surface area contributed by atoms with Gasteiger partial charge in [0.2, 0.25) is 5.82 Å². The molecule has 5 nitrogen and oxygen atoms in total. The summed E-state index contributed by atoms with van der Waals surface area (Å²) in [7, 11) is 0. The molecule has 0 spiro atoms. The first-order valence-electron chi connectivity index (χ1n) is 5.21. The van der Waals surface area contributed by atoms with E-state index in [4.69, 9.17) is 16.0 Å². The number of fused-ring (bicyclic) bond motifs is 1. The second kappa shape index (κ2) is 4.07. The topological polar surface area (TPSA) is 56.2 Å². The van der Waals surface area contributed by atoms with E-state index in [1.54, 1.807) is 6.07 Å². The minimum Gasteiger partial charge on any atom is -0.446 e. The fourth-order valence-corrected chi connectivity index (χ4v) is 2.33. The van der Waals surface area contributed by atoms with Crippen LogP contribution < -0.4 is 0 Å². The fourth-order valence-electron chi connectivity index (χ4n) is 1.77. The summed E-state index contributed by atoms with van der Waals surface area (Å²) in [5, 5.41) is 8.50. The molecule has 0 atom stereocenters. The van der Waals surface area contributed by atoms with Gasteiger partial charge < -0.3 is 4.42 Å². The molecule has 3 heterocycles. The number of halogens is 2. The summed E-state index contributed by atoms with van der Waals surface area (Å²) < 4.78 is 7.99. The van der Waals surface area contributed by atoms with Crippen molar-refractivity contribution in [1.82, 2.24) is 19.6 Å². The standard InChI is InChI=1S/C11H8BrClN4O/c1-5-6(2)17-10(7-3-4-8(12)18-7)15-16-11(17)9(13)14-5/h3-4H,1-2H3. The molecule has 0 aromatic carbocycles. The Morgan fingerprint density at radius 1 is 1.28 bits per heavy atom. The van der Waals surface area contributed by atoms with Crippen molar-refractivity contribution in [3.63, 3.8) is 0 Å². The number of nitrogens with zero attached hydrogens (tertiary/aromatic N) is 4. The predicted molar refractivity (Wildman–Crippen MR) is 70.7 cm³/mol. The van der Waals surface area contributed by atoms with E-state index in [2.05, 4.69) is 31.1 Å². The normalized spacial score (nSPS) is 11.3. The van der Waals surface area contributed by atoms with Gasteiger partial charge in [-0.1, -0.05) is 11.6 Å². The third kappa shape index (κ3) is 1.64. The van der Waals surface area contributed by atoms with Gasteiger partial charge in [0, 0.05) is 5.69 Å². The maximum absolute atomic E-state index is 6.07. The van der Waals surface area contributed by atoms with Gasteiger partial charge in [-0.2, -0.15) is 0 Å². The lowest BCUT2D eigenvalue weighted by Gasteiger charge is -2.05. The van der Waals surface area contributed by atoms with Crippen molar-refractivity contribution < 1.29 is 4.42 Å². The highest BCUT2D eigenvalue weighted by Crippen LogP contribution is 2.27. The Hall–Kier alpha value is -1.40. The molecule has 0 aliphatic rings. The minimum atomic E-state index is 0.336. The average molecular weight is 328 g/mol. The van der Waals surface area contributed by atoms with Crippen molar-refractivity contribution in [2.24, 2.45) is 0 Å². The van der Waals surface area contributed by atoms with Crippen LogP contribution in [0.1, 0.15) is 11.4 Å². The van der Waals surface area contributed by atoms with Crippen LogP contribution in [-0.2, 0) is 0 Å². The van der Waals surface area contributed by atoms with Crippen molar-refractivity contribution in [3.8, 4) is 11.6 Å². The highest BCUT2D eigenvalue weighted by atomic mass is 79.9. The van der Waals surface area contributed by atoms with E-state index in [-0.39, 0.29) is 0 Å². The molecule has 3 rings (SSSR count). The Morgan fingerprint density at radius 2 is 2.06 bits per heavy atom. The summed E-state index contributed by atoms with van der Waals surface area (Å²) >= 11 is 9.33. The molecule has 0 N–H and O–H groups in total. The van der Waals surface area contributed by atoms with Crippen LogP contribution in [0.25, 0.3) is 17.2 Å². The molecule has 0 fully saturated rings. The number of aromatic nitrogens is 4. The number of aryl methyl sites for hydroxylation is 2. The summed E-state index contributed by atoms with van der Waals surface area (Å²) in [5.41, 5.74) is 2.29. The molecule has 3 aromatic rings. The van der Waals surface area contributed by atoms with Crippen molar-refractivity contribution in [1.29, 1.82) is 0 Å². The molecule has 7 heteroatoms. The molecule has 0 saturated carbocycles. The van der Waals surface area contributed by atoms with Gasteiger partial charge in [-0.3, -0.25) is 4.40 Å². The Morgan fingerprint density at radius 3 is 2.72 bits per heavy atom. The van der Waals surface area contributed by atoms with Gasteiger partial charge in [0.25, 0.3) is 0 Å². The first kappa shape index (κ1) is 11.7. The maximum atomic E-state index is 6.07. The first-order valence-corrected chi connectivity index (χ1v) is 6.38. The number of rotatable bonds is 1. The van der Waals surface area contributed by atoms with E-state index in [0.29, 0.717) is 27.1 Å². The van der Waals surface area contributed by atoms with Gasteiger partial charge in [0.1, 0.15) is 0 Å². The zero-order valence-electron chi connectivity index (χ0n) is 9.61. The quantitative estimate of drug-likeness (QED) is 0.687. The highest BCUT2D eigenvalue weighted by molar-refractivity contribution is 9.10. The SMILES string of the molecule is Cc1nc(Cl)c2nnc(-c3ccc(Br)o3)n2c1C. The van der Waals surface area contributed by atoms with E-state index < -0.39 is 0 Å². The third-order valence-corrected chi connectivity index (χ3v) is 3.45. The zero-order chi connectivity index (χ0) is 12.9. The number of hydrogen-bond donors (Lipinski definition) is 0. The van der Waals surface area contributed by atoms with Crippen molar-refractivity contribution in [2.75, 3.05) is 0 Å². The lowest BCUT2D eigenvalue weighted by Crippen LogP contribution is -2.00. The summed E-state index contributed by atoms with van der Waals surface area (Å²) in [6.45, 7) is 3.83. The Kier molecular flexibility index (Phi) is 2.64. The molecule has 0 aliphatic carbocycles. The predicted octanol–water partition coefficient (Wildman–Crippen LogP) is 3.42. The average Bonchev–Trinajstić information content (AvgIpc) is 2.91. The lowest BCUT2D eigenvalue weighted by molar-refractivity contribution is 0.550. The van der Waals surface area contributed by atoms with Crippen LogP contribution >= 0.6 is 27.5 Å². The van der Waals surface area contributed by atoms with Crippen molar-refractivity contribution in [3.05, 3.63) is 33.3 Å². The molecular formula is C11H8BrClN4O. The molecule has 0 amide bonds. The Bertz CT molecular complexity index is 749. The minimum absolute atomic E-state index is 0.336. The van der Waals surface area contributed by atoms with Crippen LogP contribution in [0.5, 0.6) is 0 Å². The van der Waals surface area contributed by atoms with E-state index in [0.717, 1.165) is 11.4 Å². The van der Waals surface area contributed by atoms with Crippen molar-refractivity contribution in [2.45, 2.75) is 13.8 Å². The first-order chi connectivity index (χ1) is 8.58. The fraction of sp³-hybridized carbons (Fsp3) is 0.182. The second-order valence-electron chi connectivity index (χ2n) is 3.86. The summed E-state index contributed by atoms with van der Waals surface area (Å²) in [4.78, 5) is 4.22. The van der Waals surface area contributed by atoms with E-state index in [9.17, 15) is 0 Å².